The van der Waals surface area contributed by atoms with E-state index in [-0.39, 0.29) is 23.6 Å². The zero-order valence-corrected chi connectivity index (χ0v) is 19.7. The van der Waals surface area contributed by atoms with Crippen LogP contribution in [0.25, 0.3) is 0 Å². The molecular formula is C25H34N4O5. The van der Waals surface area contributed by atoms with Gasteiger partial charge >= 0.3 is 11.6 Å². The Bertz CT molecular complexity index is 945. The van der Waals surface area contributed by atoms with E-state index >= 15 is 0 Å². The summed E-state index contributed by atoms with van der Waals surface area (Å²) in [5.41, 5.74) is 0.384. The van der Waals surface area contributed by atoms with E-state index in [1.54, 1.807) is 17.0 Å². The SMILES string of the molecule is O=C(c1ccco1)N1CCN(C2=C([N+](=O)[O-])C(=O)N(CC3CCCCC3)C3CCCCC23)CC1. The number of carbonyl (C=O) groups is 2. The molecule has 0 N–H and O–H groups in total. The van der Waals surface area contributed by atoms with Crippen LogP contribution < -0.4 is 0 Å². The molecule has 2 aliphatic heterocycles. The molecular weight excluding hydrogens is 436 g/mol. The van der Waals surface area contributed by atoms with Gasteiger partial charge in [-0.2, -0.15) is 0 Å². The van der Waals surface area contributed by atoms with E-state index in [0.29, 0.717) is 50.1 Å². The number of nitrogens with zero attached hydrogens (tertiary/aromatic N) is 4. The van der Waals surface area contributed by atoms with Gasteiger partial charge in [-0.3, -0.25) is 19.7 Å². The fourth-order valence-corrected chi connectivity index (χ4v) is 6.50. The minimum Gasteiger partial charge on any atom is -0.459 e. The molecule has 4 aliphatic rings. The topological polar surface area (TPSA) is 100 Å². The third kappa shape index (κ3) is 4.32. The third-order valence-electron chi connectivity index (χ3n) is 8.19. The zero-order chi connectivity index (χ0) is 23.7. The van der Waals surface area contributed by atoms with E-state index in [9.17, 15) is 19.7 Å². The first-order chi connectivity index (χ1) is 16.5. The number of furan rings is 1. The molecule has 5 rings (SSSR count). The summed E-state index contributed by atoms with van der Waals surface area (Å²) in [6.45, 7) is 2.52. The Morgan fingerprint density at radius 1 is 1.03 bits per heavy atom. The van der Waals surface area contributed by atoms with Crippen molar-refractivity contribution >= 4 is 11.8 Å². The molecule has 2 unspecified atom stereocenters. The lowest BCUT2D eigenvalue weighted by molar-refractivity contribution is -0.424. The Morgan fingerprint density at radius 3 is 2.41 bits per heavy atom. The summed E-state index contributed by atoms with van der Waals surface area (Å²) >= 11 is 0. The van der Waals surface area contributed by atoms with Gasteiger partial charge in [0, 0.05) is 44.7 Å². The first kappa shape index (κ1) is 22.9. The summed E-state index contributed by atoms with van der Waals surface area (Å²) in [7, 11) is 0. The molecule has 2 saturated carbocycles. The highest BCUT2D eigenvalue weighted by Crippen LogP contribution is 2.42. The van der Waals surface area contributed by atoms with Gasteiger partial charge in [0.1, 0.15) is 5.70 Å². The zero-order valence-electron chi connectivity index (χ0n) is 19.7. The lowest BCUT2D eigenvalue weighted by Gasteiger charge is -2.48. The second kappa shape index (κ2) is 9.80. The van der Waals surface area contributed by atoms with Gasteiger partial charge in [0.15, 0.2) is 5.76 Å². The molecule has 0 aromatic carbocycles. The smallest absolute Gasteiger partial charge is 0.352 e. The second-order valence-electron chi connectivity index (χ2n) is 10.2. The lowest BCUT2D eigenvalue weighted by Crippen LogP contribution is -2.58. The Hall–Kier alpha value is -2.84. The minimum atomic E-state index is -0.448. The molecule has 1 saturated heterocycles. The van der Waals surface area contributed by atoms with Crippen molar-refractivity contribution in [3.05, 3.63) is 45.7 Å². The molecule has 2 aliphatic carbocycles. The maximum atomic E-state index is 13.6. The van der Waals surface area contributed by atoms with Crippen LogP contribution in [0, 0.1) is 22.0 Å². The van der Waals surface area contributed by atoms with Crippen molar-refractivity contribution < 1.29 is 18.9 Å². The van der Waals surface area contributed by atoms with Gasteiger partial charge < -0.3 is 19.1 Å². The standard InChI is InChI=1S/C25H34N4O5/c30-24(21-11-6-16-34-21)27-14-12-26(13-15-27)22-19-9-4-5-10-20(19)28(25(31)23(22)29(32)33)17-18-7-2-1-3-8-18/h6,11,16,18-20H,1-5,7-10,12-15,17H2. The highest BCUT2D eigenvalue weighted by atomic mass is 16.6. The fraction of sp³-hybridized carbons (Fsp3) is 0.680. The van der Waals surface area contributed by atoms with Crippen LogP contribution >= 0.6 is 0 Å². The van der Waals surface area contributed by atoms with Crippen molar-refractivity contribution in [1.29, 1.82) is 0 Å². The van der Waals surface area contributed by atoms with Crippen LogP contribution in [0.15, 0.2) is 34.2 Å². The molecule has 3 heterocycles. The monoisotopic (exact) mass is 470 g/mol. The average Bonchev–Trinajstić information content (AvgIpc) is 3.40. The number of hydrogen-bond acceptors (Lipinski definition) is 6. The highest BCUT2D eigenvalue weighted by molar-refractivity contribution is 5.93. The normalized spacial score (nSPS) is 26.6. The van der Waals surface area contributed by atoms with Gasteiger partial charge in [0.2, 0.25) is 0 Å². The van der Waals surface area contributed by atoms with Gasteiger partial charge in [0.05, 0.1) is 11.2 Å². The number of amides is 2. The van der Waals surface area contributed by atoms with Crippen LogP contribution in [-0.2, 0) is 4.79 Å². The Balaban J connectivity index is 1.39. The molecule has 0 spiro atoms. The van der Waals surface area contributed by atoms with Crippen molar-refractivity contribution in [1.82, 2.24) is 14.7 Å². The first-order valence-electron chi connectivity index (χ1n) is 12.8. The number of rotatable bonds is 5. The third-order valence-corrected chi connectivity index (χ3v) is 8.19. The molecule has 9 heteroatoms. The van der Waals surface area contributed by atoms with E-state index in [4.69, 9.17) is 4.42 Å². The average molecular weight is 471 g/mol. The predicted molar refractivity (Wildman–Crippen MR) is 124 cm³/mol. The summed E-state index contributed by atoms with van der Waals surface area (Å²) in [6.07, 6.45) is 11.2. The summed E-state index contributed by atoms with van der Waals surface area (Å²) < 4.78 is 5.25. The van der Waals surface area contributed by atoms with Gasteiger partial charge in [-0.25, -0.2) is 0 Å². The molecule has 34 heavy (non-hydrogen) atoms. The molecule has 1 aromatic rings. The Morgan fingerprint density at radius 2 is 1.74 bits per heavy atom. The molecule has 184 valence electrons. The maximum absolute atomic E-state index is 13.6. The number of fused-ring (bicyclic) bond motifs is 1. The van der Waals surface area contributed by atoms with Crippen molar-refractivity contribution in [3.63, 3.8) is 0 Å². The van der Waals surface area contributed by atoms with Crippen LogP contribution in [0.1, 0.15) is 68.3 Å². The van der Waals surface area contributed by atoms with Crippen molar-refractivity contribution in [2.24, 2.45) is 11.8 Å². The highest BCUT2D eigenvalue weighted by Gasteiger charge is 2.50. The largest absolute Gasteiger partial charge is 0.459 e. The number of nitro groups is 1. The van der Waals surface area contributed by atoms with Crippen LogP contribution in [0.4, 0.5) is 0 Å². The van der Waals surface area contributed by atoms with Crippen LogP contribution in [0.2, 0.25) is 0 Å². The van der Waals surface area contributed by atoms with Gasteiger partial charge in [0.25, 0.3) is 5.91 Å². The summed E-state index contributed by atoms with van der Waals surface area (Å²) in [5, 5.41) is 12.3. The van der Waals surface area contributed by atoms with E-state index in [0.717, 1.165) is 38.5 Å². The van der Waals surface area contributed by atoms with E-state index < -0.39 is 10.8 Å². The molecule has 1 aromatic heterocycles. The van der Waals surface area contributed by atoms with Crippen molar-refractivity contribution in [2.75, 3.05) is 32.7 Å². The van der Waals surface area contributed by atoms with Gasteiger partial charge in [-0.05, 0) is 43.7 Å². The van der Waals surface area contributed by atoms with Crippen LogP contribution in [-0.4, -0.2) is 70.2 Å². The second-order valence-corrected chi connectivity index (χ2v) is 10.2. The fourth-order valence-electron chi connectivity index (χ4n) is 6.50. The lowest BCUT2D eigenvalue weighted by atomic mass is 9.77. The molecule has 2 amide bonds. The number of carbonyl (C=O) groups excluding carboxylic acids is 2. The van der Waals surface area contributed by atoms with E-state index in [2.05, 4.69) is 0 Å². The number of hydrogen-bond donors (Lipinski definition) is 0. The maximum Gasteiger partial charge on any atom is 0.352 e. The van der Waals surface area contributed by atoms with Crippen molar-refractivity contribution in [3.8, 4) is 0 Å². The molecule has 2 atom stereocenters. The Labute approximate surface area is 199 Å². The molecule has 0 radical (unpaired) electrons. The molecule has 0 bridgehead atoms. The summed E-state index contributed by atoms with van der Waals surface area (Å²) in [4.78, 5) is 43.7. The van der Waals surface area contributed by atoms with Crippen LogP contribution in [0.3, 0.4) is 0 Å². The van der Waals surface area contributed by atoms with Gasteiger partial charge in [-0.1, -0.05) is 32.1 Å². The Kier molecular flexibility index (Phi) is 6.61. The van der Waals surface area contributed by atoms with E-state index in [1.807, 2.05) is 9.80 Å². The first-order valence-corrected chi connectivity index (χ1v) is 12.8. The summed E-state index contributed by atoms with van der Waals surface area (Å²) in [5.74, 6) is 0.191. The molecule has 9 nitrogen and oxygen atoms in total. The molecule has 3 fully saturated rings. The minimum absolute atomic E-state index is 0.00256. The quantitative estimate of drug-likeness (QED) is 0.482. The van der Waals surface area contributed by atoms with Crippen molar-refractivity contribution in [2.45, 2.75) is 63.8 Å². The predicted octanol–water partition coefficient (Wildman–Crippen LogP) is 3.51. The van der Waals surface area contributed by atoms with E-state index in [1.165, 1.54) is 25.5 Å². The van der Waals surface area contributed by atoms with Gasteiger partial charge in [-0.15, -0.1) is 0 Å². The van der Waals surface area contributed by atoms with Crippen LogP contribution in [0.5, 0.6) is 0 Å². The number of piperazine rings is 1. The summed E-state index contributed by atoms with van der Waals surface area (Å²) in [6, 6.07) is 3.38.